The molecule has 2 aromatic rings. The molecule has 0 saturated heterocycles. The van der Waals surface area contributed by atoms with Crippen LogP contribution in [0, 0.1) is 0 Å². The Kier molecular flexibility index (Phi) is 3.47. The van der Waals surface area contributed by atoms with Crippen molar-refractivity contribution in [1.82, 2.24) is 0 Å². The lowest BCUT2D eigenvalue weighted by molar-refractivity contribution is 0.0603. The lowest BCUT2D eigenvalue weighted by Crippen LogP contribution is -2.04. The smallest absolute Gasteiger partial charge is 0.341 e. The van der Waals surface area contributed by atoms with E-state index in [2.05, 4.69) is 0 Å². The van der Waals surface area contributed by atoms with E-state index in [1.54, 1.807) is 0 Å². The molecule has 1 aliphatic rings. The predicted molar refractivity (Wildman–Crippen MR) is 81.0 cm³/mol. The van der Waals surface area contributed by atoms with Crippen LogP contribution in [0.3, 0.4) is 0 Å². The van der Waals surface area contributed by atoms with Crippen LogP contribution in [0.4, 0.5) is 5.00 Å². The minimum absolute atomic E-state index is 0.217. The topological polar surface area (TPSA) is 70.8 Å². The Morgan fingerprint density at radius 3 is 2.86 bits per heavy atom. The third-order valence-electron chi connectivity index (χ3n) is 3.38. The maximum absolute atomic E-state index is 12.0. The SMILES string of the molecule is CCc1sc(N)c(C(=O)OC)c1-c1ccc2c(c1)OCO2. The quantitative estimate of drug-likeness (QED) is 0.882. The number of rotatable bonds is 3. The summed E-state index contributed by atoms with van der Waals surface area (Å²) in [5, 5.41) is 0.478. The summed E-state index contributed by atoms with van der Waals surface area (Å²) in [5.74, 6) is 0.964. The van der Waals surface area contributed by atoms with Crippen molar-refractivity contribution in [3.05, 3.63) is 28.6 Å². The molecule has 0 bridgehead atoms. The molecule has 0 saturated carbocycles. The molecule has 2 heterocycles. The van der Waals surface area contributed by atoms with Gasteiger partial charge in [0, 0.05) is 10.4 Å². The van der Waals surface area contributed by atoms with Gasteiger partial charge in [-0.25, -0.2) is 4.79 Å². The van der Waals surface area contributed by atoms with E-state index in [-0.39, 0.29) is 6.79 Å². The van der Waals surface area contributed by atoms with Crippen LogP contribution < -0.4 is 15.2 Å². The molecule has 21 heavy (non-hydrogen) atoms. The minimum atomic E-state index is -0.420. The first-order valence-electron chi connectivity index (χ1n) is 6.55. The summed E-state index contributed by atoms with van der Waals surface area (Å²) in [6.45, 7) is 2.25. The maximum atomic E-state index is 12.0. The number of carbonyl (C=O) groups excluding carboxylic acids is 1. The van der Waals surface area contributed by atoms with Crippen molar-refractivity contribution < 1.29 is 19.0 Å². The maximum Gasteiger partial charge on any atom is 0.341 e. The normalized spacial score (nSPS) is 12.5. The van der Waals surface area contributed by atoms with Gasteiger partial charge in [-0.2, -0.15) is 0 Å². The van der Waals surface area contributed by atoms with Gasteiger partial charge in [0.05, 0.1) is 7.11 Å². The van der Waals surface area contributed by atoms with Crippen molar-refractivity contribution in [1.29, 1.82) is 0 Å². The highest BCUT2D eigenvalue weighted by Crippen LogP contribution is 2.43. The van der Waals surface area contributed by atoms with E-state index < -0.39 is 5.97 Å². The van der Waals surface area contributed by atoms with Gasteiger partial charge in [-0.1, -0.05) is 13.0 Å². The first kappa shape index (κ1) is 13.8. The van der Waals surface area contributed by atoms with Gasteiger partial charge >= 0.3 is 5.97 Å². The summed E-state index contributed by atoms with van der Waals surface area (Å²) < 4.78 is 15.6. The van der Waals surface area contributed by atoms with Crippen LogP contribution >= 0.6 is 11.3 Å². The summed E-state index contributed by atoms with van der Waals surface area (Å²) in [7, 11) is 1.36. The number of carbonyl (C=O) groups is 1. The van der Waals surface area contributed by atoms with E-state index in [0.717, 1.165) is 22.4 Å². The Bertz CT molecular complexity index is 708. The molecule has 2 N–H and O–H groups in total. The van der Waals surface area contributed by atoms with Crippen LogP contribution in [-0.4, -0.2) is 19.9 Å². The number of benzene rings is 1. The van der Waals surface area contributed by atoms with Crippen molar-refractivity contribution in [3.63, 3.8) is 0 Å². The molecule has 0 fully saturated rings. The van der Waals surface area contributed by atoms with Gasteiger partial charge < -0.3 is 19.9 Å². The van der Waals surface area contributed by atoms with Gasteiger partial charge in [-0.3, -0.25) is 0 Å². The fraction of sp³-hybridized carbons (Fsp3) is 0.267. The van der Waals surface area contributed by atoms with Crippen molar-refractivity contribution in [2.24, 2.45) is 0 Å². The third kappa shape index (κ3) is 2.21. The number of hydrogen-bond donors (Lipinski definition) is 1. The molecule has 0 radical (unpaired) electrons. The second kappa shape index (κ2) is 5.29. The van der Waals surface area contributed by atoms with Gasteiger partial charge in [0.1, 0.15) is 10.6 Å². The van der Waals surface area contributed by atoms with Gasteiger partial charge in [-0.15, -0.1) is 11.3 Å². The standard InChI is InChI=1S/C15H15NO4S/c1-3-11-12(13(14(16)21-11)15(17)18-2)8-4-5-9-10(6-8)20-7-19-9/h4-6H,3,7,16H2,1-2H3. The van der Waals surface area contributed by atoms with Crippen molar-refractivity contribution >= 4 is 22.3 Å². The predicted octanol–water partition coefficient (Wildman–Crippen LogP) is 3.08. The van der Waals surface area contributed by atoms with Crippen molar-refractivity contribution in [3.8, 4) is 22.6 Å². The second-order valence-corrected chi connectivity index (χ2v) is 5.69. The van der Waals surface area contributed by atoms with E-state index in [1.807, 2.05) is 25.1 Å². The van der Waals surface area contributed by atoms with Gasteiger partial charge in [0.25, 0.3) is 0 Å². The van der Waals surface area contributed by atoms with Crippen LogP contribution in [0.2, 0.25) is 0 Å². The highest BCUT2D eigenvalue weighted by Gasteiger charge is 2.25. The Morgan fingerprint density at radius 2 is 2.14 bits per heavy atom. The lowest BCUT2D eigenvalue weighted by atomic mass is 9.99. The van der Waals surface area contributed by atoms with Crippen LogP contribution in [-0.2, 0) is 11.2 Å². The zero-order valence-electron chi connectivity index (χ0n) is 11.8. The van der Waals surface area contributed by atoms with E-state index in [9.17, 15) is 4.79 Å². The third-order valence-corrected chi connectivity index (χ3v) is 4.54. The molecular weight excluding hydrogens is 290 g/mol. The minimum Gasteiger partial charge on any atom is -0.465 e. The Balaban J connectivity index is 2.19. The van der Waals surface area contributed by atoms with E-state index in [1.165, 1.54) is 18.4 Å². The molecule has 6 heteroatoms. The second-order valence-electron chi connectivity index (χ2n) is 4.55. The molecular formula is C15H15NO4S. The molecule has 3 rings (SSSR count). The van der Waals surface area contributed by atoms with Crippen LogP contribution in [0.1, 0.15) is 22.2 Å². The molecule has 1 aromatic heterocycles. The first-order valence-corrected chi connectivity index (χ1v) is 7.36. The summed E-state index contributed by atoms with van der Waals surface area (Å²) in [6.07, 6.45) is 0.787. The summed E-state index contributed by atoms with van der Waals surface area (Å²) in [4.78, 5) is 13.1. The Morgan fingerprint density at radius 1 is 1.38 bits per heavy atom. The van der Waals surface area contributed by atoms with Crippen molar-refractivity contribution in [2.75, 3.05) is 19.6 Å². The first-order chi connectivity index (χ1) is 10.2. The van der Waals surface area contributed by atoms with Crippen LogP contribution in [0.15, 0.2) is 18.2 Å². The van der Waals surface area contributed by atoms with E-state index >= 15 is 0 Å². The summed E-state index contributed by atoms with van der Waals surface area (Å²) in [6, 6.07) is 5.61. The number of thiophene rings is 1. The fourth-order valence-electron chi connectivity index (χ4n) is 2.41. The average molecular weight is 305 g/mol. The Hall–Kier alpha value is -2.21. The zero-order chi connectivity index (χ0) is 15.0. The monoisotopic (exact) mass is 305 g/mol. The molecule has 0 unspecified atom stereocenters. The van der Waals surface area contributed by atoms with Crippen molar-refractivity contribution in [2.45, 2.75) is 13.3 Å². The fourth-order valence-corrected chi connectivity index (χ4v) is 3.43. The highest BCUT2D eigenvalue weighted by molar-refractivity contribution is 7.17. The number of aryl methyl sites for hydroxylation is 1. The molecule has 0 aliphatic carbocycles. The lowest BCUT2D eigenvalue weighted by Gasteiger charge is -2.07. The number of fused-ring (bicyclic) bond motifs is 1. The molecule has 0 amide bonds. The van der Waals surface area contributed by atoms with Gasteiger partial charge in [-0.05, 0) is 24.1 Å². The zero-order valence-corrected chi connectivity index (χ0v) is 12.6. The van der Waals surface area contributed by atoms with Crippen LogP contribution in [0.5, 0.6) is 11.5 Å². The molecule has 0 atom stereocenters. The number of nitrogen functional groups attached to an aromatic ring is 1. The Labute approximate surface area is 126 Å². The number of methoxy groups -OCH3 is 1. The largest absolute Gasteiger partial charge is 0.465 e. The number of anilines is 1. The number of hydrogen-bond acceptors (Lipinski definition) is 6. The van der Waals surface area contributed by atoms with Gasteiger partial charge in [0.15, 0.2) is 11.5 Å². The summed E-state index contributed by atoms with van der Waals surface area (Å²) >= 11 is 1.42. The van der Waals surface area contributed by atoms with E-state index in [4.69, 9.17) is 19.9 Å². The average Bonchev–Trinajstić information content (AvgIpc) is 3.09. The van der Waals surface area contributed by atoms with Crippen LogP contribution in [0.25, 0.3) is 11.1 Å². The number of esters is 1. The molecule has 1 aliphatic heterocycles. The van der Waals surface area contributed by atoms with Gasteiger partial charge in [0.2, 0.25) is 6.79 Å². The molecule has 110 valence electrons. The summed E-state index contributed by atoms with van der Waals surface area (Å²) in [5.41, 5.74) is 8.14. The van der Waals surface area contributed by atoms with E-state index in [0.29, 0.717) is 22.1 Å². The molecule has 5 nitrogen and oxygen atoms in total. The number of ether oxygens (including phenoxy) is 3. The molecule has 1 aromatic carbocycles. The highest BCUT2D eigenvalue weighted by atomic mass is 32.1. The number of nitrogens with two attached hydrogens (primary N) is 1. The molecule has 0 spiro atoms.